The summed E-state index contributed by atoms with van der Waals surface area (Å²) in [6, 6.07) is 16.3. The molecule has 1 atom stereocenters. The monoisotopic (exact) mass is 273 g/mol. The highest BCUT2D eigenvalue weighted by molar-refractivity contribution is 5.31. The van der Waals surface area contributed by atoms with Crippen LogP contribution >= 0.6 is 0 Å². The average Bonchev–Trinajstić information content (AvgIpc) is 2.41. The van der Waals surface area contributed by atoms with Crippen molar-refractivity contribution in [2.24, 2.45) is 0 Å². The maximum Gasteiger partial charge on any atom is 0.123 e. The summed E-state index contributed by atoms with van der Waals surface area (Å²) in [6.45, 7) is 5.94. The van der Waals surface area contributed by atoms with Gasteiger partial charge in [0.2, 0.25) is 0 Å². The topological polar surface area (TPSA) is 21.3 Å². The van der Waals surface area contributed by atoms with Gasteiger partial charge in [-0.2, -0.15) is 5.48 Å². The molecule has 2 nitrogen and oxygen atoms in total. The van der Waals surface area contributed by atoms with Gasteiger partial charge in [-0.3, -0.25) is 4.84 Å². The Morgan fingerprint density at radius 2 is 1.45 bits per heavy atom. The number of benzene rings is 2. The maximum absolute atomic E-state index is 13.1. The molecule has 0 spiro atoms. The van der Waals surface area contributed by atoms with Crippen LogP contribution in [0.25, 0.3) is 0 Å². The van der Waals surface area contributed by atoms with E-state index in [2.05, 4.69) is 5.48 Å². The molecule has 0 amide bonds. The molecule has 2 aromatic rings. The van der Waals surface area contributed by atoms with E-state index < -0.39 is 0 Å². The van der Waals surface area contributed by atoms with E-state index >= 15 is 0 Å². The van der Waals surface area contributed by atoms with Crippen molar-refractivity contribution in [1.29, 1.82) is 0 Å². The SMILES string of the molecule is CC(C)(C)ONC(c1ccccc1)c1ccc(F)cc1. The second kappa shape index (κ2) is 6.16. The number of rotatable bonds is 4. The molecule has 106 valence electrons. The van der Waals surface area contributed by atoms with Gasteiger partial charge in [0.1, 0.15) is 5.82 Å². The molecular formula is C17H20FNO. The first-order valence-electron chi connectivity index (χ1n) is 6.70. The molecule has 3 heteroatoms. The van der Waals surface area contributed by atoms with Crippen LogP contribution in [0.15, 0.2) is 54.6 Å². The van der Waals surface area contributed by atoms with Crippen molar-refractivity contribution in [3.05, 3.63) is 71.5 Å². The molecule has 1 N–H and O–H groups in total. The van der Waals surface area contributed by atoms with Crippen LogP contribution < -0.4 is 5.48 Å². The normalized spacial score (nSPS) is 13.2. The highest BCUT2D eigenvalue weighted by atomic mass is 19.1. The van der Waals surface area contributed by atoms with Crippen molar-refractivity contribution in [3.8, 4) is 0 Å². The van der Waals surface area contributed by atoms with Crippen LogP contribution in [0.1, 0.15) is 37.9 Å². The van der Waals surface area contributed by atoms with Crippen LogP contribution in [0.2, 0.25) is 0 Å². The fourth-order valence-corrected chi connectivity index (χ4v) is 1.86. The number of nitrogens with one attached hydrogen (secondary N) is 1. The van der Waals surface area contributed by atoms with Gasteiger partial charge < -0.3 is 0 Å². The molecule has 0 aliphatic carbocycles. The summed E-state index contributed by atoms with van der Waals surface area (Å²) < 4.78 is 13.1. The minimum absolute atomic E-state index is 0.129. The minimum Gasteiger partial charge on any atom is -0.295 e. The minimum atomic E-state index is -0.299. The first kappa shape index (κ1) is 14.7. The van der Waals surface area contributed by atoms with Gasteiger partial charge in [0.15, 0.2) is 0 Å². The summed E-state index contributed by atoms with van der Waals surface area (Å²) in [4.78, 5) is 5.69. The van der Waals surface area contributed by atoms with Crippen molar-refractivity contribution in [1.82, 2.24) is 5.48 Å². The zero-order valence-corrected chi connectivity index (χ0v) is 12.1. The van der Waals surface area contributed by atoms with Gasteiger partial charge in [-0.25, -0.2) is 4.39 Å². The Morgan fingerprint density at radius 3 is 2.00 bits per heavy atom. The molecule has 0 saturated heterocycles. The smallest absolute Gasteiger partial charge is 0.123 e. The molecule has 0 bridgehead atoms. The number of hydroxylamine groups is 1. The van der Waals surface area contributed by atoms with Gasteiger partial charge in [0, 0.05) is 0 Å². The third kappa shape index (κ3) is 4.15. The fraction of sp³-hybridized carbons (Fsp3) is 0.294. The van der Waals surface area contributed by atoms with Crippen molar-refractivity contribution in [2.45, 2.75) is 32.4 Å². The molecule has 20 heavy (non-hydrogen) atoms. The fourth-order valence-electron chi connectivity index (χ4n) is 1.86. The van der Waals surface area contributed by atoms with Gasteiger partial charge in [-0.05, 0) is 44.0 Å². The molecule has 0 radical (unpaired) electrons. The number of hydrogen-bond donors (Lipinski definition) is 1. The van der Waals surface area contributed by atoms with Gasteiger partial charge in [0.05, 0.1) is 11.6 Å². The molecular weight excluding hydrogens is 253 g/mol. The summed E-state index contributed by atoms with van der Waals surface area (Å²) in [5, 5.41) is 0. The van der Waals surface area contributed by atoms with Gasteiger partial charge in [-0.1, -0.05) is 42.5 Å². The Labute approximate surface area is 119 Å². The summed E-state index contributed by atoms with van der Waals surface area (Å²) in [5.74, 6) is -0.239. The van der Waals surface area contributed by atoms with Crippen molar-refractivity contribution >= 4 is 0 Å². The Balaban J connectivity index is 2.27. The first-order chi connectivity index (χ1) is 9.46. The third-order valence-corrected chi connectivity index (χ3v) is 2.82. The molecule has 0 aliphatic rings. The van der Waals surface area contributed by atoms with Crippen molar-refractivity contribution in [2.75, 3.05) is 0 Å². The summed E-state index contributed by atoms with van der Waals surface area (Å²) >= 11 is 0. The lowest BCUT2D eigenvalue weighted by Gasteiger charge is -2.26. The Bertz CT molecular complexity index is 531. The zero-order valence-electron chi connectivity index (χ0n) is 12.1. The van der Waals surface area contributed by atoms with E-state index in [4.69, 9.17) is 4.84 Å². The molecule has 1 unspecified atom stereocenters. The number of hydrogen-bond acceptors (Lipinski definition) is 2. The molecule has 0 aromatic heterocycles. The standard InChI is InChI=1S/C17H20FNO/c1-17(2,3)20-19-16(13-7-5-4-6-8-13)14-9-11-15(18)12-10-14/h4-12,16,19H,1-3H3. The van der Waals surface area contributed by atoms with E-state index in [0.29, 0.717) is 0 Å². The summed E-state index contributed by atoms with van der Waals surface area (Å²) in [7, 11) is 0. The summed E-state index contributed by atoms with van der Waals surface area (Å²) in [6.07, 6.45) is 0. The highest BCUT2D eigenvalue weighted by Crippen LogP contribution is 2.23. The Hall–Kier alpha value is -1.71. The Morgan fingerprint density at radius 1 is 0.900 bits per heavy atom. The lowest BCUT2D eigenvalue weighted by Crippen LogP contribution is -2.32. The quantitative estimate of drug-likeness (QED) is 0.841. The van der Waals surface area contributed by atoms with Crippen LogP contribution in [0.4, 0.5) is 4.39 Å². The van der Waals surface area contributed by atoms with Crippen molar-refractivity contribution < 1.29 is 9.23 Å². The van der Waals surface area contributed by atoms with Crippen LogP contribution in [0.5, 0.6) is 0 Å². The largest absolute Gasteiger partial charge is 0.295 e. The Kier molecular flexibility index (Phi) is 4.53. The van der Waals surface area contributed by atoms with E-state index in [1.54, 1.807) is 12.1 Å². The van der Waals surface area contributed by atoms with Crippen molar-refractivity contribution in [3.63, 3.8) is 0 Å². The van der Waals surface area contributed by atoms with Crippen LogP contribution in [-0.4, -0.2) is 5.60 Å². The maximum atomic E-state index is 13.1. The van der Waals surface area contributed by atoms with Gasteiger partial charge in [0.25, 0.3) is 0 Å². The molecule has 2 rings (SSSR count). The highest BCUT2D eigenvalue weighted by Gasteiger charge is 2.18. The van der Waals surface area contributed by atoms with Gasteiger partial charge >= 0.3 is 0 Å². The second-order valence-electron chi connectivity index (χ2n) is 5.73. The van der Waals surface area contributed by atoms with Crippen LogP contribution in [0, 0.1) is 5.82 Å². The van der Waals surface area contributed by atoms with Crippen LogP contribution in [-0.2, 0) is 4.84 Å². The van der Waals surface area contributed by atoms with Crippen LogP contribution in [0.3, 0.4) is 0 Å². The summed E-state index contributed by atoms with van der Waals surface area (Å²) in [5.41, 5.74) is 4.82. The average molecular weight is 273 g/mol. The van der Waals surface area contributed by atoms with Gasteiger partial charge in [-0.15, -0.1) is 0 Å². The molecule has 2 aromatic carbocycles. The zero-order chi connectivity index (χ0) is 14.6. The lowest BCUT2D eigenvalue weighted by molar-refractivity contribution is -0.0836. The molecule has 0 saturated carbocycles. The van der Waals surface area contributed by atoms with E-state index in [-0.39, 0.29) is 17.5 Å². The predicted molar refractivity (Wildman–Crippen MR) is 78.7 cm³/mol. The van der Waals surface area contributed by atoms with E-state index in [0.717, 1.165) is 11.1 Å². The predicted octanol–water partition coefficient (Wildman–Crippen LogP) is 4.23. The van der Waals surface area contributed by atoms with E-state index in [9.17, 15) is 4.39 Å². The second-order valence-corrected chi connectivity index (χ2v) is 5.73. The lowest BCUT2D eigenvalue weighted by atomic mass is 9.99. The third-order valence-electron chi connectivity index (χ3n) is 2.82. The molecule has 0 aliphatic heterocycles. The number of halogens is 1. The molecule has 0 heterocycles. The molecule has 0 fully saturated rings. The first-order valence-corrected chi connectivity index (χ1v) is 6.70. The van der Waals surface area contributed by atoms with E-state index in [1.807, 2.05) is 51.1 Å². The van der Waals surface area contributed by atoms with E-state index in [1.165, 1.54) is 12.1 Å².